The third kappa shape index (κ3) is 4.11. The van der Waals surface area contributed by atoms with Crippen LogP contribution in [0.1, 0.15) is 24.2 Å². The van der Waals surface area contributed by atoms with E-state index >= 15 is 0 Å². The summed E-state index contributed by atoms with van der Waals surface area (Å²) in [5.74, 6) is -2.41. The Labute approximate surface area is 150 Å². The standard InChI is InChI=1S/C17H17ClFNO4S/c1-11(2)10-20(25(23,24)12-6-4-3-5-7-12)16-9-15(19)14(18)8-13(16)17(21)22/h3-9,11H,10H2,1-2H3,(H,21,22). The number of sulfonamides is 1. The van der Waals surface area contributed by atoms with Gasteiger partial charge in [-0.3, -0.25) is 4.31 Å². The summed E-state index contributed by atoms with van der Waals surface area (Å²) in [6.45, 7) is 3.54. The molecule has 0 aliphatic heterocycles. The molecule has 0 saturated heterocycles. The van der Waals surface area contributed by atoms with E-state index in [1.165, 1.54) is 12.1 Å². The van der Waals surface area contributed by atoms with E-state index in [2.05, 4.69) is 0 Å². The Bertz CT molecular complexity index is 885. The molecule has 0 radical (unpaired) electrons. The van der Waals surface area contributed by atoms with Gasteiger partial charge in [0.1, 0.15) is 5.82 Å². The first-order valence-electron chi connectivity index (χ1n) is 7.44. The van der Waals surface area contributed by atoms with Crippen LogP contribution in [-0.4, -0.2) is 26.0 Å². The van der Waals surface area contributed by atoms with E-state index in [0.29, 0.717) is 0 Å². The van der Waals surface area contributed by atoms with Gasteiger partial charge in [-0.1, -0.05) is 43.6 Å². The minimum Gasteiger partial charge on any atom is -0.478 e. The molecule has 0 spiro atoms. The van der Waals surface area contributed by atoms with E-state index in [0.717, 1.165) is 16.4 Å². The lowest BCUT2D eigenvalue weighted by Crippen LogP contribution is -2.35. The summed E-state index contributed by atoms with van der Waals surface area (Å²) >= 11 is 5.67. The van der Waals surface area contributed by atoms with Crippen molar-refractivity contribution in [1.29, 1.82) is 0 Å². The largest absolute Gasteiger partial charge is 0.478 e. The van der Waals surface area contributed by atoms with Crippen LogP contribution >= 0.6 is 11.6 Å². The van der Waals surface area contributed by atoms with Gasteiger partial charge in [0.25, 0.3) is 10.0 Å². The number of hydrogen-bond acceptors (Lipinski definition) is 3. The van der Waals surface area contributed by atoms with Gasteiger partial charge in [0.2, 0.25) is 0 Å². The fourth-order valence-corrected chi connectivity index (χ4v) is 4.11. The van der Waals surface area contributed by atoms with Crippen molar-refractivity contribution in [2.45, 2.75) is 18.7 Å². The van der Waals surface area contributed by atoms with Gasteiger partial charge in [-0.2, -0.15) is 0 Å². The molecule has 0 heterocycles. The molecule has 134 valence electrons. The first-order chi connectivity index (χ1) is 11.6. The SMILES string of the molecule is CC(C)CN(c1cc(F)c(Cl)cc1C(=O)O)S(=O)(=O)c1ccccc1. The summed E-state index contributed by atoms with van der Waals surface area (Å²) in [6, 6.07) is 9.33. The zero-order valence-corrected chi connectivity index (χ0v) is 15.2. The molecule has 0 aliphatic rings. The van der Waals surface area contributed by atoms with E-state index in [-0.39, 0.29) is 33.6 Å². The molecule has 0 bridgehead atoms. The molecule has 1 N–H and O–H groups in total. The number of carbonyl (C=O) groups is 1. The normalized spacial score (nSPS) is 11.6. The summed E-state index contributed by atoms with van der Waals surface area (Å²) in [5, 5.41) is 9.01. The van der Waals surface area contributed by atoms with Crippen LogP contribution in [0, 0.1) is 11.7 Å². The Morgan fingerprint density at radius 1 is 1.24 bits per heavy atom. The highest BCUT2D eigenvalue weighted by Gasteiger charge is 2.30. The maximum absolute atomic E-state index is 14.0. The number of aromatic carboxylic acids is 1. The molecule has 2 aromatic rings. The number of hydrogen-bond donors (Lipinski definition) is 1. The predicted octanol–water partition coefficient (Wildman–Crippen LogP) is 4.03. The number of halogens is 2. The molecule has 5 nitrogen and oxygen atoms in total. The van der Waals surface area contributed by atoms with E-state index in [1.54, 1.807) is 32.0 Å². The van der Waals surface area contributed by atoms with Crippen LogP contribution < -0.4 is 4.31 Å². The third-order valence-corrected chi connectivity index (χ3v) is 5.48. The lowest BCUT2D eigenvalue weighted by atomic mass is 10.1. The maximum atomic E-state index is 14.0. The van der Waals surface area contributed by atoms with Crippen LogP contribution in [0.25, 0.3) is 0 Å². The third-order valence-electron chi connectivity index (χ3n) is 3.40. The Balaban J connectivity index is 2.72. The van der Waals surface area contributed by atoms with Crippen LogP contribution in [0.15, 0.2) is 47.4 Å². The van der Waals surface area contributed by atoms with Crippen molar-refractivity contribution in [3.05, 3.63) is 58.9 Å². The van der Waals surface area contributed by atoms with Crippen molar-refractivity contribution in [2.75, 3.05) is 10.8 Å². The summed E-state index contributed by atoms with van der Waals surface area (Å²) in [6.07, 6.45) is 0. The van der Waals surface area contributed by atoms with Crippen LogP contribution in [0.2, 0.25) is 5.02 Å². The van der Waals surface area contributed by atoms with Gasteiger partial charge in [-0.25, -0.2) is 17.6 Å². The smallest absolute Gasteiger partial charge is 0.337 e. The molecule has 25 heavy (non-hydrogen) atoms. The molecule has 8 heteroatoms. The minimum atomic E-state index is -4.07. The van der Waals surface area contributed by atoms with Crippen molar-refractivity contribution < 1.29 is 22.7 Å². The second-order valence-electron chi connectivity index (χ2n) is 5.83. The second kappa shape index (κ2) is 7.41. The zero-order chi connectivity index (χ0) is 18.8. The number of carboxylic acids is 1. The average Bonchev–Trinajstić information content (AvgIpc) is 2.55. The quantitative estimate of drug-likeness (QED) is 0.814. The average molecular weight is 386 g/mol. The second-order valence-corrected chi connectivity index (χ2v) is 8.10. The van der Waals surface area contributed by atoms with Crippen LogP contribution in [0.5, 0.6) is 0 Å². The molecule has 0 amide bonds. The zero-order valence-electron chi connectivity index (χ0n) is 13.6. The van der Waals surface area contributed by atoms with Gasteiger partial charge in [-0.05, 0) is 24.1 Å². The molecule has 2 aromatic carbocycles. The van der Waals surface area contributed by atoms with Gasteiger partial charge in [0.05, 0.1) is 21.2 Å². The van der Waals surface area contributed by atoms with Crippen molar-refractivity contribution in [1.82, 2.24) is 0 Å². The van der Waals surface area contributed by atoms with E-state index in [1.807, 2.05) is 0 Å². The van der Waals surface area contributed by atoms with Gasteiger partial charge in [0.15, 0.2) is 0 Å². The van der Waals surface area contributed by atoms with Gasteiger partial charge >= 0.3 is 5.97 Å². The number of carboxylic acid groups (broad SMARTS) is 1. The summed E-state index contributed by atoms with van der Waals surface area (Å²) in [4.78, 5) is 11.5. The van der Waals surface area contributed by atoms with Crippen LogP contribution in [0.3, 0.4) is 0 Å². The topological polar surface area (TPSA) is 74.7 Å². The number of anilines is 1. The lowest BCUT2D eigenvalue weighted by molar-refractivity contribution is 0.0697. The van der Waals surface area contributed by atoms with E-state index in [9.17, 15) is 22.7 Å². The first-order valence-corrected chi connectivity index (χ1v) is 9.26. The monoisotopic (exact) mass is 385 g/mol. The molecule has 0 saturated carbocycles. The highest BCUT2D eigenvalue weighted by Crippen LogP contribution is 2.32. The maximum Gasteiger partial charge on any atom is 0.337 e. The van der Waals surface area contributed by atoms with Crippen LogP contribution in [0.4, 0.5) is 10.1 Å². The van der Waals surface area contributed by atoms with E-state index in [4.69, 9.17) is 11.6 Å². The molecule has 0 atom stereocenters. The first kappa shape index (κ1) is 19.2. The summed E-state index contributed by atoms with van der Waals surface area (Å²) in [5.41, 5.74) is -0.640. The number of rotatable bonds is 6. The number of nitrogens with zero attached hydrogens (tertiary/aromatic N) is 1. The molecular formula is C17H17ClFNO4S. The number of benzene rings is 2. The molecule has 0 unspecified atom stereocenters. The summed E-state index contributed by atoms with van der Waals surface area (Å²) < 4.78 is 40.9. The van der Waals surface area contributed by atoms with Crippen molar-refractivity contribution in [3.63, 3.8) is 0 Å². The van der Waals surface area contributed by atoms with Crippen LogP contribution in [-0.2, 0) is 10.0 Å². The lowest BCUT2D eigenvalue weighted by Gasteiger charge is -2.27. The van der Waals surface area contributed by atoms with Crippen molar-refractivity contribution in [3.8, 4) is 0 Å². The van der Waals surface area contributed by atoms with Crippen molar-refractivity contribution in [2.24, 2.45) is 5.92 Å². The Morgan fingerprint density at radius 3 is 2.36 bits per heavy atom. The van der Waals surface area contributed by atoms with Crippen molar-refractivity contribution >= 4 is 33.3 Å². The molecule has 0 fully saturated rings. The molecular weight excluding hydrogens is 369 g/mol. The fraction of sp³-hybridized carbons (Fsp3) is 0.235. The Hall–Kier alpha value is -2.12. The Kier molecular flexibility index (Phi) is 5.69. The van der Waals surface area contributed by atoms with Gasteiger partial charge < -0.3 is 5.11 Å². The molecule has 0 aromatic heterocycles. The summed E-state index contributed by atoms with van der Waals surface area (Å²) in [7, 11) is -4.07. The van der Waals surface area contributed by atoms with Gasteiger partial charge in [0, 0.05) is 12.6 Å². The fourth-order valence-electron chi connectivity index (χ4n) is 2.29. The Morgan fingerprint density at radius 2 is 1.84 bits per heavy atom. The predicted molar refractivity (Wildman–Crippen MR) is 94.2 cm³/mol. The van der Waals surface area contributed by atoms with E-state index < -0.39 is 21.8 Å². The van der Waals surface area contributed by atoms with Gasteiger partial charge in [-0.15, -0.1) is 0 Å². The minimum absolute atomic E-state index is 0.0117. The highest BCUT2D eigenvalue weighted by atomic mass is 35.5. The molecule has 2 rings (SSSR count). The molecule has 0 aliphatic carbocycles. The highest BCUT2D eigenvalue weighted by molar-refractivity contribution is 7.92.